The smallest absolute Gasteiger partial charge is 0.421 e. The highest BCUT2D eigenvalue weighted by Crippen LogP contribution is 2.38. The molecule has 0 aliphatic carbocycles. The molecule has 322 valence electrons. The fraction of sp³-hybridized carbons (Fsp3) is 0.381. The largest absolute Gasteiger partial charge is 0.494 e. The summed E-state index contributed by atoms with van der Waals surface area (Å²) in [6.07, 6.45) is -3.32. The number of alkyl halides is 3. The number of nitrogens with zero attached hydrogens (tertiary/aromatic N) is 6. The Balaban J connectivity index is 0.924. The van der Waals surface area contributed by atoms with Crippen molar-refractivity contribution in [2.45, 2.75) is 32.0 Å². The van der Waals surface area contributed by atoms with E-state index in [0.717, 1.165) is 48.8 Å². The van der Waals surface area contributed by atoms with Gasteiger partial charge in [-0.2, -0.15) is 18.2 Å². The Hall–Kier alpha value is -6.63. The first-order chi connectivity index (χ1) is 29.3. The van der Waals surface area contributed by atoms with Crippen LogP contribution in [0.2, 0.25) is 0 Å². The summed E-state index contributed by atoms with van der Waals surface area (Å²) in [5, 5.41) is 13.7. The molecule has 19 heteroatoms. The molecule has 4 amide bonds. The number of aromatic nitrogens is 2. The van der Waals surface area contributed by atoms with Crippen LogP contribution < -0.4 is 41.1 Å². The number of benzene rings is 3. The number of nitrogens with one attached hydrogen (secondary N) is 5. The number of halogens is 3. The highest BCUT2D eigenvalue weighted by Gasteiger charge is 2.36. The van der Waals surface area contributed by atoms with Crippen molar-refractivity contribution in [1.29, 1.82) is 0 Å². The molecule has 7 rings (SSSR count). The van der Waals surface area contributed by atoms with Crippen molar-refractivity contribution in [3.8, 4) is 5.75 Å². The van der Waals surface area contributed by atoms with Crippen LogP contribution in [0.3, 0.4) is 0 Å². The Labute approximate surface area is 350 Å². The maximum Gasteiger partial charge on any atom is 0.421 e. The van der Waals surface area contributed by atoms with Crippen LogP contribution in [-0.2, 0) is 20.6 Å². The lowest BCUT2D eigenvalue weighted by Crippen LogP contribution is -2.54. The van der Waals surface area contributed by atoms with Crippen molar-refractivity contribution in [2.24, 2.45) is 0 Å². The summed E-state index contributed by atoms with van der Waals surface area (Å²) in [6, 6.07) is 17.3. The molecule has 4 heterocycles. The number of rotatable bonds is 12. The Morgan fingerprint density at radius 3 is 2.28 bits per heavy atom. The molecular weight excluding hydrogens is 796 g/mol. The number of piperidine rings is 1. The van der Waals surface area contributed by atoms with E-state index in [-0.39, 0.29) is 34.9 Å². The zero-order chi connectivity index (χ0) is 43.3. The Bertz CT molecular complexity index is 2260. The zero-order valence-electron chi connectivity index (χ0n) is 34.1. The molecule has 61 heavy (non-hydrogen) atoms. The number of para-hydroxylation sites is 1. The predicted octanol–water partition coefficient (Wildman–Crippen LogP) is 4.35. The first-order valence-corrected chi connectivity index (χ1v) is 20.0. The fourth-order valence-electron chi connectivity index (χ4n) is 7.66. The third-order valence-electron chi connectivity index (χ3n) is 11.0. The average molecular weight is 844 g/mol. The van der Waals surface area contributed by atoms with Gasteiger partial charge < -0.3 is 40.7 Å². The van der Waals surface area contributed by atoms with Gasteiger partial charge in [-0.15, -0.1) is 0 Å². The minimum absolute atomic E-state index is 0.0772. The second-order valence-corrected chi connectivity index (χ2v) is 15.0. The molecule has 3 fully saturated rings. The van der Waals surface area contributed by atoms with Gasteiger partial charge in [0, 0.05) is 95.2 Å². The average Bonchev–Trinajstić information content (AvgIpc) is 3.25. The molecule has 3 aliphatic rings. The van der Waals surface area contributed by atoms with Crippen LogP contribution in [0.4, 0.5) is 53.4 Å². The number of carbonyl (C=O) groups excluding carboxylic acids is 4. The summed E-state index contributed by atoms with van der Waals surface area (Å²) >= 11 is 0. The molecule has 1 atom stereocenters. The third kappa shape index (κ3) is 10.1. The van der Waals surface area contributed by atoms with Gasteiger partial charge in [-0.05, 0) is 61.4 Å². The number of amides is 4. The predicted molar refractivity (Wildman–Crippen MR) is 225 cm³/mol. The van der Waals surface area contributed by atoms with Gasteiger partial charge >= 0.3 is 6.18 Å². The van der Waals surface area contributed by atoms with E-state index >= 15 is 0 Å². The molecule has 3 saturated heterocycles. The molecule has 0 bridgehead atoms. The summed E-state index contributed by atoms with van der Waals surface area (Å²) < 4.78 is 47.9. The number of hydrogen-bond donors (Lipinski definition) is 5. The summed E-state index contributed by atoms with van der Waals surface area (Å²) in [5.74, 6) is -1.20. The van der Waals surface area contributed by atoms with E-state index in [2.05, 4.69) is 51.3 Å². The lowest BCUT2D eigenvalue weighted by atomic mass is 10.1. The molecule has 16 nitrogen and oxygen atoms in total. The molecule has 0 spiro atoms. The van der Waals surface area contributed by atoms with Crippen molar-refractivity contribution in [3.05, 3.63) is 83.6 Å². The van der Waals surface area contributed by atoms with E-state index in [4.69, 9.17) is 4.74 Å². The van der Waals surface area contributed by atoms with Gasteiger partial charge in [-0.1, -0.05) is 12.1 Å². The molecule has 4 aromatic rings. The summed E-state index contributed by atoms with van der Waals surface area (Å²) in [4.78, 5) is 66.0. The number of ether oxygens (including phenoxy) is 1. The van der Waals surface area contributed by atoms with E-state index in [1.54, 1.807) is 12.1 Å². The number of piperazine rings is 2. The Morgan fingerprint density at radius 2 is 1.61 bits per heavy atom. The highest BCUT2D eigenvalue weighted by molar-refractivity contribution is 6.01. The van der Waals surface area contributed by atoms with Gasteiger partial charge in [0.2, 0.25) is 23.7 Å². The molecule has 0 radical (unpaired) electrons. The zero-order valence-corrected chi connectivity index (χ0v) is 34.1. The normalized spacial score (nSPS) is 17.4. The van der Waals surface area contributed by atoms with E-state index in [1.807, 2.05) is 48.2 Å². The maximum atomic E-state index is 14.1. The van der Waals surface area contributed by atoms with E-state index in [1.165, 1.54) is 26.3 Å². The lowest BCUT2D eigenvalue weighted by molar-refractivity contribution is -0.137. The topological polar surface area (TPSA) is 176 Å². The van der Waals surface area contributed by atoms with Crippen LogP contribution in [0.15, 0.2) is 66.9 Å². The number of anilines is 7. The Kier molecular flexibility index (Phi) is 12.8. The molecule has 0 saturated carbocycles. The summed E-state index contributed by atoms with van der Waals surface area (Å²) in [7, 11) is 2.92. The van der Waals surface area contributed by atoms with Gasteiger partial charge in [0.1, 0.15) is 23.2 Å². The van der Waals surface area contributed by atoms with Crippen LogP contribution in [-0.4, -0.2) is 122 Å². The fourth-order valence-corrected chi connectivity index (χ4v) is 7.66. The first-order valence-electron chi connectivity index (χ1n) is 20.0. The number of methoxy groups -OCH3 is 1. The van der Waals surface area contributed by atoms with Gasteiger partial charge in [0.05, 0.1) is 30.6 Å². The highest BCUT2D eigenvalue weighted by atomic mass is 19.4. The second-order valence-electron chi connectivity index (χ2n) is 15.0. The van der Waals surface area contributed by atoms with Crippen LogP contribution in [0, 0.1) is 6.92 Å². The van der Waals surface area contributed by atoms with Crippen molar-refractivity contribution in [3.63, 3.8) is 0 Å². The van der Waals surface area contributed by atoms with Crippen molar-refractivity contribution >= 4 is 63.8 Å². The van der Waals surface area contributed by atoms with Crippen molar-refractivity contribution < 1.29 is 37.1 Å². The quantitative estimate of drug-likeness (QED) is 0.128. The second kappa shape index (κ2) is 18.3. The minimum Gasteiger partial charge on any atom is -0.494 e. The van der Waals surface area contributed by atoms with Crippen LogP contribution in [0.5, 0.6) is 5.75 Å². The first kappa shape index (κ1) is 42.5. The Morgan fingerprint density at radius 1 is 0.902 bits per heavy atom. The van der Waals surface area contributed by atoms with E-state index in [9.17, 15) is 32.3 Å². The SMILES string of the molecule is CNC(=O)c1ccccc1Nc1nc(Nc2cc(C)c(N3CCN(C(=O)CN4CCN(c5ccc(NC6CCC(=O)NC6=O)cc5)CC4)CC3)cc2OC)ncc1C(F)(F)F. The molecular formula is C42H48F3N11O5. The van der Waals surface area contributed by atoms with Crippen molar-refractivity contribution in [1.82, 2.24) is 30.4 Å². The molecule has 5 N–H and O–H groups in total. The monoisotopic (exact) mass is 843 g/mol. The summed E-state index contributed by atoms with van der Waals surface area (Å²) in [5.41, 5.74) is 3.24. The van der Waals surface area contributed by atoms with Crippen molar-refractivity contribution in [2.75, 3.05) is 98.8 Å². The number of imide groups is 1. The number of carbonyl (C=O) groups is 4. The maximum absolute atomic E-state index is 14.1. The standard InChI is InChI=1S/C42H48F3N11O5/c1-26-22-33(50-41-47-24-30(42(43,44)45)38(52-41)49-31-7-5-4-6-29(31)39(59)46-2)35(61-3)23-34(26)55-18-20-56(21-19-55)37(58)25-53-14-16-54(17-15-53)28-10-8-27(9-11-28)48-32-12-13-36(57)51-40(32)60/h4-11,22-24,32,48H,12-21,25H2,1-3H3,(H,46,59)(H,51,57,60)(H2,47,49,50,52). The van der Waals surface area contributed by atoms with Gasteiger partial charge in [0.25, 0.3) is 5.91 Å². The van der Waals surface area contributed by atoms with E-state index < -0.39 is 29.5 Å². The number of aryl methyl sites for hydroxylation is 1. The van der Waals surface area contributed by atoms with E-state index in [0.29, 0.717) is 63.2 Å². The minimum atomic E-state index is -4.78. The molecule has 1 aromatic heterocycles. The van der Waals surface area contributed by atoms with Gasteiger partial charge in [-0.25, -0.2) is 4.98 Å². The molecule has 1 unspecified atom stereocenters. The van der Waals surface area contributed by atoms with Gasteiger partial charge in [0.15, 0.2) is 0 Å². The lowest BCUT2D eigenvalue weighted by Gasteiger charge is -2.39. The molecule has 3 aliphatic heterocycles. The van der Waals surface area contributed by atoms with Crippen LogP contribution in [0.25, 0.3) is 0 Å². The van der Waals surface area contributed by atoms with Crippen LogP contribution in [0.1, 0.15) is 34.3 Å². The van der Waals surface area contributed by atoms with Gasteiger partial charge in [-0.3, -0.25) is 29.4 Å². The summed E-state index contributed by atoms with van der Waals surface area (Å²) in [6.45, 7) is 7.53. The van der Waals surface area contributed by atoms with Crippen LogP contribution >= 0.6 is 0 Å². The molecule has 3 aromatic carbocycles. The third-order valence-corrected chi connectivity index (χ3v) is 11.0. The number of hydrogen-bond acceptors (Lipinski definition) is 13.